The largest absolute Gasteiger partial charge is 0.494 e. The van der Waals surface area contributed by atoms with E-state index in [2.05, 4.69) is 10.4 Å². The lowest BCUT2D eigenvalue weighted by atomic mass is 10.0. The molecule has 1 amide bonds. The van der Waals surface area contributed by atoms with E-state index in [1.165, 1.54) is 0 Å². The van der Waals surface area contributed by atoms with Gasteiger partial charge in [0.2, 0.25) is 5.91 Å². The van der Waals surface area contributed by atoms with Gasteiger partial charge in [0.05, 0.1) is 13.3 Å². The summed E-state index contributed by atoms with van der Waals surface area (Å²) in [5.74, 6) is 0.225. The Labute approximate surface area is 188 Å². The molecule has 1 atom stereocenters. The summed E-state index contributed by atoms with van der Waals surface area (Å²) in [5, 5.41) is 6.98. The number of hydrogen-bond acceptors (Lipinski definition) is 4. The van der Waals surface area contributed by atoms with Crippen LogP contribution in [0.3, 0.4) is 0 Å². The number of nitrogens with zero attached hydrogens (tertiary/aromatic N) is 2. The van der Waals surface area contributed by atoms with Crippen LogP contribution in [0.15, 0.2) is 66.5 Å². The first kappa shape index (κ1) is 22.6. The van der Waals surface area contributed by atoms with Crippen molar-refractivity contribution in [1.29, 1.82) is 0 Å². The van der Waals surface area contributed by atoms with Crippen molar-refractivity contribution in [2.45, 2.75) is 25.1 Å². The lowest BCUT2D eigenvalue weighted by molar-refractivity contribution is -0.149. The van der Waals surface area contributed by atoms with Crippen LogP contribution in [-0.2, 0) is 4.79 Å². The molecule has 2 heterocycles. The van der Waals surface area contributed by atoms with Gasteiger partial charge in [-0.3, -0.25) is 4.79 Å². The molecule has 3 N–H and O–H groups in total. The summed E-state index contributed by atoms with van der Waals surface area (Å²) in [4.78, 5) is 12.4. The quantitative estimate of drug-likeness (QED) is 0.561. The molecule has 0 radical (unpaired) electrons. The maximum Gasteiger partial charge on any atom is 0.403 e. The molecule has 1 aliphatic rings. The highest BCUT2D eigenvalue weighted by Gasteiger charge is 2.36. The van der Waals surface area contributed by atoms with Crippen LogP contribution in [0.25, 0.3) is 22.2 Å². The summed E-state index contributed by atoms with van der Waals surface area (Å²) in [6.45, 7) is -0.154. The molecule has 6 nitrogen and oxygen atoms in total. The van der Waals surface area contributed by atoms with Gasteiger partial charge in [0.1, 0.15) is 17.3 Å². The molecular weight excluding hydrogens is 433 g/mol. The summed E-state index contributed by atoms with van der Waals surface area (Å²) < 4.78 is 44.9. The number of aromatic nitrogens is 2. The number of halogens is 3. The average Bonchev–Trinajstić information content (AvgIpc) is 3.45. The van der Waals surface area contributed by atoms with Gasteiger partial charge in [0.15, 0.2) is 0 Å². The molecule has 1 aromatic carbocycles. The van der Waals surface area contributed by atoms with Gasteiger partial charge in [-0.2, -0.15) is 18.3 Å². The van der Waals surface area contributed by atoms with E-state index in [9.17, 15) is 18.0 Å². The van der Waals surface area contributed by atoms with Crippen molar-refractivity contribution in [2.24, 2.45) is 5.73 Å². The first-order valence-electron chi connectivity index (χ1n) is 10.4. The standard InChI is InChI=1S/C24H23F3N4O2/c1-33-20-12-18(15-5-3-2-4-6-15)14-31-22(20)19(13-30-31)16-7-8-17(11-16)23(32)29-10-9-21(28)24(25,26)27/h2-7,11-14,21H,8-10,28H2,1H3,(H,29,32). The zero-order chi connectivity index (χ0) is 23.6. The first-order valence-corrected chi connectivity index (χ1v) is 10.4. The third-order valence-corrected chi connectivity index (χ3v) is 5.54. The van der Waals surface area contributed by atoms with Crippen molar-refractivity contribution >= 4 is 17.0 Å². The Morgan fingerprint density at radius 2 is 2.03 bits per heavy atom. The number of pyridine rings is 1. The Morgan fingerprint density at radius 1 is 1.27 bits per heavy atom. The Kier molecular flexibility index (Phi) is 6.24. The van der Waals surface area contributed by atoms with Gasteiger partial charge in [-0.15, -0.1) is 0 Å². The minimum absolute atomic E-state index is 0.154. The van der Waals surface area contributed by atoms with E-state index in [1.807, 2.05) is 48.7 Å². The minimum Gasteiger partial charge on any atom is -0.494 e. The fourth-order valence-electron chi connectivity index (χ4n) is 3.73. The maximum absolute atomic E-state index is 12.5. The predicted octanol–water partition coefficient (Wildman–Crippen LogP) is 4.12. The van der Waals surface area contributed by atoms with Crippen LogP contribution < -0.4 is 15.8 Å². The van der Waals surface area contributed by atoms with Crippen LogP contribution in [0.1, 0.15) is 18.4 Å². The van der Waals surface area contributed by atoms with Crippen LogP contribution in [-0.4, -0.2) is 41.4 Å². The van der Waals surface area contributed by atoms with Crippen LogP contribution in [0.5, 0.6) is 5.75 Å². The molecule has 9 heteroatoms. The number of methoxy groups -OCH3 is 1. The number of rotatable bonds is 7. The highest BCUT2D eigenvalue weighted by molar-refractivity contribution is 6.01. The fourth-order valence-corrected chi connectivity index (χ4v) is 3.73. The van der Waals surface area contributed by atoms with E-state index in [-0.39, 0.29) is 13.0 Å². The molecule has 2 aromatic heterocycles. The van der Waals surface area contributed by atoms with E-state index < -0.39 is 18.1 Å². The summed E-state index contributed by atoms with van der Waals surface area (Å²) in [7, 11) is 1.59. The van der Waals surface area contributed by atoms with E-state index >= 15 is 0 Å². The monoisotopic (exact) mass is 456 g/mol. The Balaban J connectivity index is 1.53. The fraction of sp³-hybridized carbons (Fsp3) is 0.250. The molecule has 33 heavy (non-hydrogen) atoms. The summed E-state index contributed by atoms with van der Waals surface area (Å²) in [6, 6.07) is 9.83. The van der Waals surface area contributed by atoms with E-state index in [0.29, 0.717) is 17.7 Å². The molecule has 4 rings (SSSR count). The molecule has 1 aliphatic carbocycles. The number of carbonyl (C=O) groups excluding carboxylic acids is 1. The summed E-state index contributed by atoms with van der Waals surface area (Å²) >= 11 is 0. The van der Waals surface area contributed by atoms with Gasteiger partial charge in [0, 0.05) is 29.4 Å². The zero-order valence-corrected chi connectivity index (χ0v) is 17.9. The van der Waals surface area contributed by atoms with Gasteiger partial charge in [-0.25, -0.2) is 4.52 Å². The molecule has 0 saturated carbocycles. The third-order valence-electron chi connectivity index (χ3n) is 5.54. The minimum atomic E-state index is -4.48. The molecular formula is C24H23F3N4O2. The van der Waals surface area contributed by atoms with Crippen molar-refractivity contribution in [3.63, 3.8) is 0 Å². The molecule has 3 aromatic rings. The van der Waals surface area contributed by atoms with Crippen LogP contribution >= 0.6 is 0 Å². The van der Waals surface area contributed by atoms with Gasteiger partial charge < -0.3 is 15.8 Å². The predicted molar refractivity (Wildman–Crippen MR) is 120 cm³/mol. The molecule has 0 aliphatic heterocycles. The Bertz CT molecular complexity index is 1230. The second-order valence-electron chi connectivity index (χ2n) is 7.74. The molecule has 1 unspecified atom stereocenters. The second kappa shape index (κ2) is 9.11. The zero-order valence-electron chi connectivity index (χ0n) is 17.9. The number of carbonyl (C=O) groups is 1. The van der Waals surface area contributed by atoms with Crippen molar-refractivity contribution in [3.8, 4) is 16.9 Å². The number of nitrogens with one attached hydrogen (secondary N) is 1. The van der Waals surface area contributed by atoms with E-state index in [4.69, 9.17) is 10.5 Å². The van der Waals surface area contributed by atoms with Crippen molar-refractivity contribution < 1.29 is 22.7 Å². The first-order chi connectivity index (χ1) is 15.8. The number of nitrogens with two attached hydrogens (primary N) is 1. The van der Waals surface area contributed by atoms with E-state index in [0.717, 1.165) is 27.8 Å². The average molecular weight is 456 g/mol. The number of fused-ring (bicyclic) bond motifs is 1. The molecule has 0 fully saturated rings. The Hall–Kier alpha value is -3.59. The topological polar surface area (TPSA) is 81.7 Å². The lowest BCUT2D eigenvalue weighted by Gasteiger charge is -2.15. The molecule has 172 valence electrons. The third kappa shape index (κ3) is 4.78. The lowest BCUT2D eigenvalue weighted by Crippen LogP contribution is -2.40. The smallest absolute Gasteiger partial charge is 0.403 e. The normalized spacial score (nSPS) is 14.7. The van der Waals surface area contributed by atoms with Gasteiger partial charge in [0.25, 0.3) is 0 Å². The SMILES string of the molecule is COc1cc(-c2ccccc2)cn2ncc(C3=CCC(C(=O)NCCC(N)C(F)(F)F)=C3)c12. The van der Waals surface area contributed by atoms with Crippen molar-refractivity contribution in [3.05, 3.63) is 72.1 Å². The molecule has 0 spiro atoms. The molecule has 0 saturated heterocycles. The number of amides is 1. The number of ether oxygens (including phenoxy) is 1. The number of alkyl halides is 3. The number of allylic oxidation sites excluding steroid dienone is 3. The van der Waals surface area contributed by atoms with Crippen molar-refractivity contribution in [1.82, 2.24) is 14.9 Å². The van der Waals surface area contributed by atoms with Crippen LogP contribution in [0.2, 0.25) is 0 Å². The molecule has 0 bridgehead atoms. The van der Waals surface area contributed by atoms with Crippen molar-refractivity contribution in [2.75, 3.05) is 13.7 Å². The second-order valence-corrected chi connectivity index (χ2v) is 7.74. The van der Waals surface area contributed by atoms with E-state index in [1.54, 1.807) is 23.9 Å². The highest BCUT2D eigenvalue weighted by Crippen LogP contribution is 2.35. The maximum atomic E-state index is 12.5. The summed E-state index contributed by atoms with van der Waals surface area (Å²) in [6.07, 6.45) is 2.74. The van der Waals surface area contributed by atoms with Gasteiger partial charge in [-0.05, 0) is 36.1 Å². The van der Waals surface area contributed by atoms with Crippen LogP contribution in [0, 0.1) is 0 Å². The highest BCUT2D eigenvalue weighted by atomic mass is 19.4. The van der Waals surface area contributed by atoms with Gasteiger partial charge >= 0.3 is 6.18 Å². The number of benzene rings is 1. The number of hydrogen-bond donors (Lipinski definition) is 2. The summed E-state index contributed by atoms with van der Waals surface area (Å²) in [5.41, 5.74) is 9.88. The van der Waals surface area contributed by atoms with Crippen LogP contribution in [0.4, 0.5) is 13.2 Å². The Morgan fingerprint density at radius 3 is 2.73 bits per heavy atom. The van der Waals surface area contributed by atoms with Gasteiger partial charge in [-0.1, -0.05) is 36.4 Å².